The van der Waals surface area contributed by atoms with E-state index in [1.165, 1.54) is 0 Å². The predicted molar refractivity (Wildman–Crippen MR) is 45.7 cm³/mol. The van der Waals surface area contributed by atoms with E-state index in [0.717, 1.165) is 0 Å². The van der Waals surface area contributed by atoms with E-state index in [4.69, 9.17) is 5.11 Å². The van der Waals surface area contributed by atoms with Gasteiger partial charge in [-0.25, -0.2) is 13.6 Å². The normalized spacial score (nSPS) is 11.7. The minimum absolute atomic E-state index is 0.345. The largest absolute Gasteiger partial charge is 0.573 e. The molecule has 1 aromatic rings. The Morgan fingerprint density at radius 1 is 1.39 bits per heavy atom. The van der Waals surface area contributed by atoms with Crippen molar-refractivity contribution in [3.05, 3.63) is 27.7 Å². The van der Waals surface area contributed by atoms with Crippen LogP contribution in [0.3, 0.4) is 0 Å². The smallest absolute Gasteiger partial charge is 0.477 e. The monoisotopic (exact) mass is 273 g/mol. The van der Waals surface area contributed by atoms with Crippen LogP contribution < -0.4 is 10.3 Å². The SMILES string of the molecule is O=C(O)c1c[nH]c(=O)c(C(F)F)c1OC(F)(F)F. The summed E-state index contributed by atoms with van der Waals surface area (Å²) >= 11 is 0. The first-order chi connectivity index (χ1) is 8.13. The third-order valence-corrected chi connectivity index (χ3v) is 1.75. The Morgan fingerprint density at radius 2 is 1.94 bits per heavy atom. The van der Waals surface area contributed by atoms with Gasteiger partial charge in [0.1, 0.15) is 11.1 Å². The van der Waals surface area contributed by atoms with Crippen LogP contribution in [0.2, 0.25) is 0 Å². The van der Waals surface area contributed by atoms with Crippen molar-refractivity contribution in [2.45, 2.75) is 12.8 Å². The van der Waals surface area contributed by atoms with E-state index in [9.17, 15) is 31.5 Å². The third kappa shape index (κ3) is 2.96. The predicted octanol–water partition coefficient (Wildman–Crippen LogP) is 1.91. The number of aromatic amines is 1. The third-order valence-electron chi connectivity index (χ3n) is 1.75. The Bertz CT molecular complexity index is 521. The lowest BCUT2D eigenvalue weighted by Crippen LogP contribution is -2.24. The molecule has 100 valence electrons. The second kappa shape index (κ2) is 4.63. The molecule has 0 fully saturated rings. The van der Waals surface area contributed by atoms with E-state index in [0.29, 0.717) is 6.20 Å². The first-order valence-electron chi connectivity index (χ1n) is 4.16. The van der Waals surface area contributed by atoms with Crippen LogP contribution in [0.4, 0.5) is 22.0 Å². The Morgan fingerprint density at radius 3 is 2.33 bits per heavy atom. The van der Waals surface area contributed by atoms with Gasteiger partial charge in [-0.1, -0.05) is 0 Å². The van der Waals surface area contributed by atoms with Gasteiger partial charge in [-0.2, -0.15) is 0 Å². The zero-order chi connectivity index (χ0) is 14.1. The number of ether oxygens (including phenoxy) is 1. The molecule has 0 unspecified atom stereocenters. The van der Waals surface area contributed by atoms with Crippen molar-refractivity contribution in [2.75, 3.05) is 0 Å². The summed E-state index contributed by atoms with van der Waals surface area (Å²) in [6.07, 6.45) is -8.68. The van der Waals surface area contributed by atoms with Crippen molar-refractivity contribution in [3.63, 3.8) is 0 Å². The summed E-state index contributed by atoms with van der Waals surface area (Å²) in [7, 11) is 0. The van der Waals surface area contributed by atoms with E-state index in [1.54, 1.807) is 4.98 Å². The minimum atomic E-state index is -5.40. The molecule has 0 aliphatic heterocycles. The van der Waals surface area contributed by atoms with Crippen LogP contribution in [-0.2, 0) is 0 Å². The van der Waals surface area contributed by atoms with Gasteiger partial charge in [0.25, 0.3) is 12.0 Å². The summed E-state index contributed by atoms with van der Waals surface area (Å²) in [5, 5.41) is 8.55. The molecule has 0 atom stereocenters. The number of aromatic nitrogens is 1. The minimum Gasteiger partial charge on any atom is -0.477 e. The van der Waals surface area contributed by atoms with Gasteiger partial charge in [0.2, 0.25) is 0 Å². The topological polar surface area (TPSA) is 79.4 Å². The fourth-order valence-corrected chi connectivity index (χ4v) is 1.11. The summed E-state index contributed by atoms with van der Waals surface area (Å²) in [5.74, 6) is -3.67. The standard InChI is InChI=1S/C8H4F5NO4/c9-5(10)3-4(18-8(11,12)13)2(7(16)17)1-14-6(3)15/h1,5H,(H,14,15)(H,16,17). The van der Waals surface area contributed by atoms with Gasteiger partial charge in [0, 0.05) is 6.20 Å². The highest BCUT2D eigenvalue weighted by molar-refractivity contribution is 5.91. The average Bonchev–Trinajstić information content (AvgIpc) is 2.13. The molecule has 0 amide bonds. The van der Waals surface area contributed by atoms with Crippen molar-refractivity contribution >= 4 is 5.97 Å². The zero-order valence-corrected chi connectivity index (χ0v) is 8.22. The Labute approximate surface area is 94.8 Å². The maximum atomic E-state index is 12.4. The van der Waals surface area contributed by atoms with Gasteiger partial charge in [-0.3, -0.25) is 4.79 Å². The van der Waals surface area contributed by atoms with Crippen LogP contribution in [0.1, 0.15) is 22.3 Å². The number of aromatic carboxylic acids is 1. The number of rotatable bonds is 3. The lowest BCUT2D eigenvalue weighted by Gasteiger charge is -2.14. The van der Waals surface area contributed by atoms with Gasteiger partial charge in [0.15, 0.2) is 5.75 Å². The second-order valence-electron chi connectivity index (χ2n) is 2.93. The zero-order valence-electron chi connectivity index (χ0n) is 8.22. The molecule has 0 spiro atoms. The molecule has 0 saturated carbocycles. The molecule has 10 heteroatoms. The van der Waals surface area contributed by atoms with Gasteiger partial charge in [0.05, 0.1) is 0 Å². The Kier molecular flexibility index (Phi) is 3.58. The number of carboxylic acid groups (broad SMARTS) is 1. The molecule has 0 aliphatic carbocycles. The Balaban J connectivity index is 3.54. The van der Waals surface area contributed by atoms with Crippen LogP contribution in [0.15, 0.2) is 11.0 Å². The van der Waals surface area contributed by atoms with Crippen molar-refractivity contribution in [1.29, 1.82) is 0 Å². The number of halogens is 5. The molecule has 0 bridgehead atoms. The molecule has 5 nitrogen and oxygen atoms in total. The van der Waals surface area contributed by atoms with Crippen molar-refractivity contribution < 1.29 is 36.6 Å². The van der Waals surface area contributed by atoms with Crippen LogP contribution in [0.25, 0.3) is 0 Å². The number of hydrogen-bond donors (Lipinski definition) is 2. The second-order valence-corrected chi connectivity index (χ2v) is 2.93. The number of carbonyl (C=O) groups is 1. The van der Waals surface area contributed by atoms with Crippen molar-refractivity contribution in [2.24, 2.45) is 0 Å². The van der Waals surface area contributed by atoms with Crippen LogP contribution in [-0.4, -0.2) is 22.4 Å². The van der Waals surface area contributed by atoms with E-state index >= 15 is 0 Å². The Hall–Kier alpha value is -2.13. The molecule has 1 rings (SSSR count). The van der Waals surface area contributed by atoms with Crippen LogP contribution in [0, 0.1) is 0 Å². The highest BCUT2D eigenvalue weighted by Crippen LogP contribution is 2.33. The fourth-order valence-electron chi connectivity index (χ4n) is 1.11. The molecule has 1 heterocycles. The number of carboxylic acids is 1. The van der Waals surface area contributed by atoms with Gasteiger partial charge in [-0.05, 0) is 0 Å². The number of nitrogens with one attached hydrogen (secondary N) is 1. The van der Waals surface area contributed by atoms with Gasteiger partial charge >= 0.3 is 12.3 Å². The van der Waals surface area contributed by atoms with E-state index < -0.39 is 41.2 Å². The highest BCUT2D eigenvalue weighted by Gasteiger charge is 2.37. The van der Waals surface area contributed by atoms with Crippen LogP contribution in [0.5, 0.6) is 5.75 Å². The highest BCUT2D eigenvalue weighted by atomic mass is 19.4. The molecule has 2 N–H and O–H groups in total. The molecule has 0 saturated heterocycles. The first-order valence-corrected chi connectivity index (χ1v) is 4.16. The summed E-state index contributed by atoms with van der Waals surface area (Å²) in [5.41, 5.74) is -4.47. The summed E-state index contributed by atoms with van der Waals surface area (Å²) in [4.78, 5) is 23.1. The van der Waals surface area contributed by atoms with E-state index in [2.05, 4.69) is 4.74 Å². The average molecular weight is 273 g/mol. The number of pyridine rings is 1. The van der Waals surface area contributed by atoms with Gasteiger partial charge in [-0.15, -0.1) is 13.2 Å². The maximum absolute atomic E-state index is 12.4. The number of H-pyrrole nitrogens is 1. The van der Waals surface area contributed by atoms with Gasteiger partial charge < -0.3 is 14.8 Å². The van der Waals surface area contributed by atoms with Crippen molar-refractivity contribution in [1.82, 2.24) is 4.98 Å². The quantitative estimate of drug-likeness (QED) is 0.824. The van der Waals surface area contributed by atoms with E-state index in [1.807, 2.05) is 0 Å². The summed E-state index contributed by atoms with van der Waals surface area (Å²) in [6.45, 7) is 0. The lowest BCUT2D eigenvalue weighted by atomic mass is 10.1. The number of alkyl halides is 5. The molecular formula is C8H4F5NO4. The lowest BCUT2D eigenvalue weighted by molar-refractivity contribution is -0.275. The summed E-state index contributed by atoms with van der Waals surface area (Å²) in [6, 6.07) is 0. The molecular weight excluding hydrogens is 269 g/mol. The maximum Gasteiger partial charge on any atom is 0.573 e. The summed E-state index contributed by atoms with van der Waals surface area (Å²) < 4.78 is 64.0. The molecule has 1 aromatic heterocycles. The van der Waals surface area contributed by atoms with Crippen molar-refractivity contribution in [3.8, 4) is 5.75 Å². The first kappa shape index (κ1) is 13.9. The molecule has 0 aliphatic rings. The van der Waals surface area contributed by atoms with Crippen LogP contribution >= 0.6 is 0 Å². The molecule has 18 heavy (non-hydrogen) atoms. The number of hydrogen-bond acceptors (Lipinski definition) is 3. The molecule has 0 aromatic carbocycles. The van der Waals surface area contributed by atoms with E-state index in [-0.39, 0.29) is 0 Å². The molecule has 0 radical (unpaired) electrons. The fraction of sp³-hybridized carbons (Fsp3) is 0.250.